The van der Waals surface area contributed by atoms with E-state index < -0.39 is 11.6 Å². The molecule has 0 bridgehead atoms. The van der Waals surface area contributed by atoms with Crippen molar-refractivity contribution in [1.82, 2.24) is 0 Å². The summed E-state index contributed by atoms with van der Waals surface area (Å²) in [6.07, 6.45) is 8.21. The molecule has 0 saturated carbocycles. The van der Waals surface area contributed by atoms with Crippen molar-refractivity contribution in [3.63, 3.8) is 0 Å². The van der Waals surface area contributed by atoms with E-state index in [9.17, 15) is 8.78 Å². The Morgan fingerprint density at radius 3 is 2.38 bits per heavy atom. The molecule has 2 atom stereocenters. The molecule has 5 heteroatoms. The Morgan fingerprint density at radius 2 is 1.69 bits per heavy atom. The first-order valence-corrected chi connectivity index (χ1v) is 12.0. The van der Waals surface area contributed by atoms with Crippen molar-refractivity contribution < 1.29 is 23.0 Å². The van der Waals surface area contributed by atoms with Crippen molar-refractivity contribution in [2.45, 2.75) is 84.0 Å². The summed E-state index contributed by atoms with van der Waals surface area (Å²) < 4.78 is 45.8. The maximum atomic E-state index is 14.4. The molecule has 0 aromatic heterocycles. The van der Waals surface area contributed by atoms with E-state index in [-0.39, 0.29) is 30.1 Å². The average Bonchev–Trinajstić information content (AvgIpc) is 2.82. The van der Waals surface area contributed by atoms with Gasteiger partial charge in [0.1, 0.15) is 0 Å². The predicted molar refractivity (Wildman–Crippen MR) is 123 cm³/mol. The monoisotopic (exact) mass is 446 g/mol. The lowest BCUT2D eigenvalue weighted by Gasteiger charge is -2.29. The van der Waals surface area contributed by atoms with Crippen molar-refractivity contribution >= 4 is 0 Å². The predicted octanol–water partition coefficient (Wildman–Crippen LogP) is 7.31. The molecule has 1 aliphatic rings. The highest BCUT2D eigenvalue weighted by Gasteiger charge is 2.24. The Hall–Kier alpha value is -1.98. The van der Waals surface area contributed by atoms with Crippen LogP contribution in [0.25, 0.3) is 0 Å². The van der Waals surface area contributed by atoms with E-state index in [1.807, 2.05) is 6.92 Å². The van der Waals surface area contributed by atoms with Crippen LogP contribution in [0.4, 0.5) is 8.78 Å². The van der Waals surface area contributed by atoms with Crippen LogP contribution >= 0.6 is 0 Å². The molecule has 1 saturated heterocycles. The van der Waals surface area contributed by atoms with Crippen LogP contribution in [0.2, 0.25) is 0 Å². The second-order valence-electron chi connectivity index (χ2n) is 8.58. The van der Waals surface area contributed by atoms with E-state index in [2.05, 4.69) is 31.2 Å². The third-order valence-corrected chi connectivity index (χ3v) is 6.01. The van der Waals surface area contributed by atoms with Crippen LogP contribution in [0.5, 0.6) is 5.75 Å². The van der Waals surface area contributed by atoms with Gasteiger partial charge in [-0.1, -0.05) is 57.4 Å². The Kier molecular flexibility index (Phi) is 9.94. The summed E-state index contributed by atoms with van der Waals surface area (Å²) in [4.78, 5) is 0. The van der Waals surface area contributed by atoms with Gasteiger partial charge in [0.2, 0.25) is 5.82 Å². The summed E-state index contributed by atoms with van der Waals surface area (Å²) >= 11 is 0. The van der Waals surface area contributed by atoms with E-state index in [0.29, 0.717) is 13.2 Å². The van der Waals surface area contributed by atoms with Crippen LogP contribution in [0.1, 0.15) is 81.6 Å². The standard InChI is InChI=1S/C27H36F2O3/c1-3-5-7-8-20-9-11-21(12-10-20)24-16-14-23(19-32-24)31-18-22-13-15-25(27(29)26(22)28)30-17-6-4-2/h9-13,15,23-24H,3-8,14,16-19H2,1-2H3. The molecule has 1 fully saturated rings. The first-order valence-electron chi connectivity index (χ1n) is 12.0. The zero-order chi connectivity index (χ0) is 22.8. The summed E-state index contributed by atoms with van der Waals surface area (Å²) in [5.41, 5.74) is 2.76. The van der Waals surface area contributed by atoms with E-state index in [1.165, 1.54) is 42.5 Å². The molecule has 1 aliphatic heterocycles. The topological polar surface area (TPSA) is 27.7 Å². The van der Waals surface area contributed by atoms with Gasteiger partial charge in [-0.05, 0) is 55.4 Å². The molecule has 0 N–H and O–H groups in total. The van der Waals surface area contributed by atoms with Gasteiger partial charge in [0, 0.05) is 5.56 Å². The van der Waals surface area contributed by atoms with Gasteiger partial charge in [0.15, 0.2) is 11.6 Å². The fourth-order valence-corrected chi connectivity index (χ4v) is 3.93. The van der Waals surface area contributed by atoms with Gasteiger partial charge >= 0.3 is 0 Å². The minimum absolute atomic E-state index is 0.0170. The number of ether oxygens (including phenoxy) is 3. The number of hydrogen-bond acceptors (Lipinski definition) is 3. The number of halogens is 2. The normalized spacial score (nSPS) is 18.6. The fraction of sp³-hybridized carbons (Fsp3) is 0.556. The Balaban J connectivity index is 1.45. The summed E-state index contributed by atoms with van der Waals surface area (Å²) in [7, 11) is 0. The molecule has 2 unspecified atom stereocenters. The van der Waals surface area contributed by atoms with E-state index >= 15 is 0 Å². The first kappa shape index (κ1) is 24.7. The second-order valence-corrected chi connectivity index (χ2v) is 8.58. The Morgan fingerprint density at radius 1 is 0.906 bits per heavy atom. The van der Waals surface area contributed by atoms with Crippen LogP contribution in [0, 0.1) is 11.6 Å². The number of unbranched alkanes of at least 4 members (excludes halogenated alkanes) is 3. The molecule has 3 nitrogen and oxygen atoms in total. The fourth-order valence-electron chi connectivity index (χ4n) is 3.93. The van der Waals surface area contributed by atoms with Crippen molar-refractivity contribution in [1.29, 1.82) is 0 Å². The summed E-state index contributed by atoms with van der Waals surface area (Å²) in [5.74, 6) is -1.88. The van der Waals surface area contributed by atoms with Gasteiger partial charge in [0.25, 0.3) is 0 Å². The maximum absolute atomic E-state index is 14.4. The maximum Gasteiger partial charge on any atom is 0.200 e. The SMILES string of the molecule is CCCCCc1ccc(C2CCC(OCc3ccc(OCCCC)c(F)c3F)CO2)cc1. The highest BCUT2D eigenvalue weighted by molar-refractivity contribution is 5.31. The molecule has 2 aromatic carbocycles. The van der Waals surface area contributed by atoms with Crippen LogP contribution < -0.4 is 4.74 Å². The van der Waals surface area contributed by atoms with Crippen molar-refractivity contribution in [3.05, 3.63) is 64.7 Å². The van der Waals surface area contributed by atoms with Crippen molar-refractivity contribution in [3.8, 4) is 5.75 Å². The number of hydrogen-bond donors (Lipinski definition) is 0. The molecular weight excluding hydrogens is 410 g/mol. The highest BCUT2D eigenvalue weighted by atomic mass is 19.2. The molecule has 1 heterocycles. The second kappa shape index (κ2) is 12.9. The van der Waals surface area contributed by atoms with Gasteiger partial charge < -0.3 is 14.2 Å². The minimum Gasteiger partial charge on any atom is -0.490 e. The van der Waals surface area contributed by atoms with Gasteiger partial charge in [-0.3, -0.25) is 0 Å². The lowest BCUT2D eigenvalue weighted by molar-refractivity contribution is -0.0925. The molecule has 0 spiro atoms. The van der Waals surface area contributed by atoms with E-state index in [4.69, 9.17) is 14.2 Å². The average molecular weight is 447 g/mol. The summed E-state index contributed by atoms with van der Waals surface area (Å²) in [6.45, 7) is 5.08. The van der Waals surface area contributed by atoms with Crippen molar-refractivity contribution in [2.75, 3.05) is 13.2 Å². The first-order chi connectivity index (χ1) is 15.6. The number of benzene rings is 2. The van der Waals surface area contributed by atoms with Crippen LogP contribution in [0.15, 0.2) is 36.4 Å². The highest BCUT2D eigenvalue weighted by Crippen LogP contribution is 2.30. The quantitative estimate of drug-likeness (QED) is 0.320. The molecule has 32 heavy (non-hydrogen) atoms. The summed E-state index contributed by atoms with van der Waals surface area (Å²) in [6, 6.07) is 11.7. The van der Waals surface area contributed by atoms with Gasteiger partial charge in [-0.2, -0.15) is 4.39 Å². The molecule has 0 aliphatic carbocycles. The third-order valence-electron chi connectivity index (χ3n) is 6.01. The number of rotatable bonds is 12. The van der Waals surface area contributed by atoms with Crippen LogP contribution in [0.3, 0.4) is 0 Å². The number of aryl methyl sites for hydroxylation is 1. The van der Waals surface area contributed by atoms with Gasteiger partial charge in [-0.15, -0.1) is 0 Å². The largest absolute Gasteiger partial charge is 0.490 e. The van der Waals surface area contributed by atoms with Crippen LogP contribution in [-0.2, 0) is 22.5 Å². The molecule has 0 radical (unpaired) electrons. The lowest BCUT2D eigenvalue weighted by Crippen LogP contribution is -2.27. The molecular formula is C27H36F2O3. The van der Waals surface area contributed by atoms with Gasteiger partial charge in [0.05, 0.1) is 32.0 Å². The summed E-state index contributed by atoms with van der Waals surface area (Å²) in [5, 5.41) is 0. The minimum atomic E-state index is -0.944. The van der Waals surface area contributed by atoms with E-state index in [1.54, 1.807) is 0 Å². The lowest BCUT2D eigenvalue weighted by atomic mass is 9.98. The van der Waals surface area contributed by atoms with Crippen molar-refractivity contribution in [2.24, 2.45) is 0 Å². The van der Waals surface area contributed by atoms with Crippen LogP contribution in [-0.4, -0.2) is 19.3 Å². The smallest absolute Gasteiger partial charge is 0.200 e. The molecule has 3 rings (SSSR count). The van der Waals surface area contributed by atoms with E-state index in [0.717, 1.165) is 32.1 Å². The molecule has 2 aromatic rings. The molecule has 176 valence electrons. The van der Waals surface area contributed by atoms with Gasteiger partial charge in [-0.25, -0.2) is 4.39 Å². The Bertz CT molecular complexity index is 814. The molecule has 0 amide bonds. The zero-order valence-electron chi connectivity index (χ0n) is 19.4. The third kappa shape index (κ3) is 7.01. The Labute approximate surface area is 191 Å². The zero-order valence-corrected chi connectivity index (χ0v) is 19.4.